The number of aryl methyl sites for hydroxylation is 2. The van der Waals surface area contributed by atoms with Gasteiger partial charge in [-0.05, 0) is 43.2 Å². The molecule has 0 radical (unpaired) electrons. The van der Waals surface area contributed by atoms with Crippen molar-refractivity contribution in [1.82, 2.24) is 0 Å². The normalized spacial score (nSPS) is 10.2. The zero-order valence-corrected chi connectivity index (χ0v) is 13.6. The first-order valence-electron chi connectivity index (χ1n) is 7.31. The second kappa shape index (κ2) is 7.39. The third-order valence-electron chi connectivity index (χ3n) is 3.61. The second-order valence-electron chi connectivity index (χ2n) is 5.42. The van der Waals surface area contributed by atoms with Crippen LogP contribution in [0.1, 0.15) is 11.1 Å². The lowest BCUT2D eigenvalue weighted by Gasteiger charge is -2.10. The highest BCUT2D eigenvalue weighted by Gasteiger charge is 2.17. The molecule has 0 aliphatic rings. The van der Waals surface area contributed by atoms with E-state index in [2.05, 4.69) is 10.6 Å². The molecule has 1 amide bonds. The molecule has 2 aromatic carbocycles. The molecule has 0 spiro atoms. The van der Waals surface area contributed by atoms with Crippen LogP contribution in [0.3, 0.4) is 0 Å². The lowest BCUT2D eigenvalue weighted by Crippen LogP contribution is -2.22. The lowest BCUT2D eigenvalue weighted by molar-refractivity contribution is -0.384. The molecule has 0 saturated carbocycles. The Labute approximate surface area is 143 Å². The van der Waals surface area contributed by atoms with E-state index in [1.807, 2.05) is 0 Å². The van der Waals surface area contributed by atoms with E-state index in [1.165, 1.54) is 30.3 Å². The largest absolute Gasteiger partial charge is 0.376 e. The van der Waals surface area contributed by atoms with Crippen LogP contribution < -0.4 is 10.6 Å². The Balaban J connectivity index is 2.04. The fraction of sp³-hybridized carbons (Fsp3) is 0.188. The van der Waals surface area contributed by atoms with Crippen molar-refractivity contribution in [2.75, 3.05) is 17.2 Å². The van der Waals surface area contributed by atoms with Gasteiger partial charge in [0.2, 0.25) is 5.91 Å². The number of nitrogens with one attached hydrogen (secondary N) is 2. The van der Waals surface area contributed by atoms with Gasteiger partial charge in [-0.3, -0.25) is 25.0 Å². The molecule has 0 aliphatic heterocycles. The van der Waals surface area contributed by atoms with Gasteiger partial charge in [-0.2, -0.15) is 0 Å². The summed E-state index contributed by atoms with van der Waals surface area (Å²) in [6.07, 6.45) is 0. The first kappa shape index (κ1) is 17.9. The van der Waals surface area contributed by atoms with E-state index in [4.69, 9.17) is 0 Å². The number of benzene rings is 2. The third-order valence-corrected chi connectivity index (χ3v) is 3.61. The summed E-state index contributed by atoms with van der Waals surface area (Å²) in [7, 11) is 0. The van der Waals surface area contributed by atoms with Crippen LogP contribution in [-0.2, 0) is 4.79 Å². The van der Waals surface area contributed by atoms with Crippen LogP contribution in [0.15, 0.2) is 36.4 Å². The molecule has 0 atom stereocenters. The third kappa shape index (κ3) is 4.50. The van der Waals surface area contributed by atoms with Gasteiger partial charge in [0, 0.05) is 23.9 Å². The summed E-state index contributed by atoms with van der Waals surface area (Å²) in [6.45, 7) is 3.41. The smallest absolute Gasteiger partial charge is 0.293 e. The molecule has 0 aromatic heterocycles. The molecule has 9 heteroatoms. The second-order valence-corrected chi connectivity index (χ2v) is 5.42. The topological polar surface area (TPSA) is 127 Å². The average Bonchev–Trinajstić information content (AvgIpc) is 2.56. The van der Waals surface area contributed by atoms with Gasteiger partial charge in [0.1, 0.15) is 5.69 Å². The van der Waals surface area contributed by atoms with Crippen LogP contribution in [0.4, 0.5) is 22.7 Å². The molecule has 130 valence electrons. The van der Waals surface area contributed by atoms with Crippen LogP contribution in [0, 0.1) is 34.1 Å². The number of nitrogens with zero attached hydrogens (tertiary/aromatic N) is 2. The maximum atomic E-state index is 12.0. The number of anilines is 2. The van der Waals surface area contributed by atoms with Gasteiger partial charge in [-0.15, -0.1) is 0 Å². The number of hydrogen-bond donors (Lipinski definition) is 2. The quantitative estimate of drug-likeness (QED) is 0.612. The van der Waals surface area contributed by atoms with E-state index in [0.717, 1.165) is 11.1 Å². The Morgan fingerprint density at radius 1 is 1.00 bits per heavy atom. The molecule has 0 heterocycles. The minimum Gasteiger partial charge on any atom is -0.376 e. The highest BCUT2D eigenvalue weighted by atomic mass is 16.6. The van der Waals surface area contributed by atoms with Gasteiger partial charge in [0.25, 0.3) is 11.4 Å². The predicted molar refractivity (Wildman–Crippen MR) is 92.8 cm³/mol. The van der Waals surface area contributed by atoms with Crippen molar-refractivity contribution >= 4 is 28.7 Å². The van der Waals surface area contributed by atoms with Crippen molar-refractivity contribution in [3.8, 4) is 0 Å². The van der Waals surface area contributed by atoms with Crippen molar-refractivity contribution in [3.05, 3.63) is 67.8 Å². The highest BCUT2D eigenvalue weighted by Crippen LogP contribution is 2.27. The van der Waals surface area contributed by atoms with Gasteiger partial charge in [-0.1, -0.05) is 0 Å². The average molecular weight is 344 g/mol. The van der Waals surface area contributed by atoms with E-state index >= 15 is 0 Å². The first-order valence-corrected chi connectivity index (χ1v) is 7.31. The van der Waals surface area contributed by atoms with Crippen molar-refractivity contribution in [3.63, 3.8) is 0 Å². The van der Waals surface area contributed by atoms with Crippen LogP contribution in [0.2, 0.25) is 0 Å². The molecule has 0 fully saturated rings. The minimum atomic E-state index is -0.550. The number of amides is 1. The highest BCUT2D eigenvalue weighted by molar-refractivity contribution is 5.96. The SMILES string of the molecule is Cc1cc(NC(=O)CNc2ccc([N+](=O)[O-])cc2)c([N+](=O)[O-])cc1C. The molecule has 0 unspecified atom stereocenters. The van der Waals surface area contributed by atoms with Crippen LogP contribution in [-0.4, -0.2) is 22.3 Å². The van der Waals surface area contributed by atoms with Gasteiger partial charge in [0.05, 0.1) is 16.4 Å². The fourth-order valence-electron chi connectivity index (χ4n) is 2.13. The summed E-state index contributed by atoms with van der Waals surface area (Å²) in [5, 5.41) is 27.0. The van der Waals surface area contributed by atoms with E-state index in [0.29, 0.717) is 5.69 Å². The molecule has 0 aliphatic carbocycles. The Bertz CT molecular complexity index is 833. The number of carbonyl (C=O) groups is 1. The summed E-state index contributed by atoms with van der Waals surface area (Å²) in [6, 6.07) is 8.54. The lowest BCUT2D eigenvalue weighted by atomic mass is 10.1. The number of hydrogen-bond acceptors (Lipinski definition) is 6. The molecule has 2 N–H and O–H groups in total. The summed E-state index contributed by atoms with van der Waals surface area (Å²) < 4.78 is 0. The molecule has 2 aromatic rings. The zero-order valence-electron chi connectivity index (χ0n) is 13.6. The van der Waals surface area contributed by atoms with Gasteiger partial charge in [-0.25, -0.2) is 0 Å². The van der Waals surface area contributed by atoms with Crippen molar-refractivity contribution in [2.45, 2.75) is 13.8 Å². The minimum absolute atomic E-state index is 0.0549. The van der Waals surface area contributed by atoms with Crippen molar-refractivity contribution < 1.29 is 14.6 Å². The predicted octanol–water partition coefficient (Wildman–Crippen LogP) is 3.17. The van der Waals surface area contributed by atoms with E-state index in [9.17, 15) is 25.0 Å². The summed E-state index contributed by atoms with van der Waals surface area (Å²) >= 11 is 0. The van der Waals surface area contributed by atoms with Crippen molar-refractivity contribution in [1.29, 1.82) is 0 Å². The monoisotopic (exact) mass is 344 g/mol. The molecule has 2 rings (SSSR count). The standard InChI is InChI=1S/C16H16N4O5/c1-10-7-14(15(20(24)25)8-11(10)2)18-16(21)9-17-12-3-5-13(6-4-12)19(22)23/h3-8,17H,9H2,1-2H3,(H,18,21). The summed E-state index contributed by atoms with van der Waals surface area (Å²) in [5.74, 6) is -0.468. The van der Waals surface area contributed by atoms with Gasteiger partial charge < -0.3 is 10.6 Å². The summed E-state index contributed by atoms with van der Waals surface area (Å²) in [4.78, 5) is 32.7. The van der Waals surface area contributed by atoms with Crippen LogP contribution in [0.25, 0.3) is 0 Å². The first-order chi connectivity index (χ1) is 11.8. The number of carbonyl (C=O) groups excluding carboxylic acids is 1. The molecular formula is C16H16N4O5. The van der Waals surface area contributed by atoms with Crippen molar-refractivity contribution in [2.24, 2.45) is 0 Å². The molecule has 9 nitrogen and oxygen atoms in total. The Hall–Kier alpha value is -3.49. The number of rotatable bonds is 6. The van der Waals surface area contributed by atoms with E-state index < -0.39 is 15.8 Å². The molecule has 25 heavy (non-hydrogen) atoms. The number of non-ortho nitro benzene ring substituents is 1. The van der Waals surface area contributed by atoms with Crippen LogP contribution in [0.5, 0.6) is 0 Å². The number of nitro groups is 2. The van der Waals surface area contributed by atoms with E-state index in [-0.39, 0.29) is 23.6 Å². The Morgan fingerprint density at radius 2 is 1.60 bits per heavy atom. The van der Waals surface area contributed by atoms with Gasteiger partial charge >= 0.3 is 0 Å². The number of nitro benzene ring substituents is 2. The Kier molecular flexibility index (Phi) is 5.28. The zero-order chi connectivity index (χ0) is 18.6. The fourth-order valence-corrected chi connectivity index (χ4v) is 2.13. The van der Waals surface area contributed by atoms with Crippen LogP contribution >= 0.6 is 0 Å². The van der Waals surface area contributed by atoms with E-state index in [1.54, 1.807) is 19.9 Å². The molecular weight excluding hydrogens is 328 g/mol. The summed E-state index contributed by atoms with van der Waals surface area (Å²) in [5.41, 5.74) is 2.00. The molecule has 0 saturated heterocycles. The maximum Gasteiger partial charge on any atom is 0.293 e. The maximum absolute atomic E-state index is 12.0. The molecule has 0 bridgehead atoms. The Morgan fingerprint density at radius 3 is 2.16 bits per heavy atom. The van der Waals surface area contributed by atoms with Gasteiger partial charge in [0.15, 0.2) is 0 Å².